The molecule has 0 heterocycles. The van der Waals surface area contributed by atoms with Gasteiger partial charge in [-0.2, -0.15) is 0 Å². The van der Waals surface area contributed by atoms with Crippen molar-refractivity contribution in [2.45, 2.75) is 0 Å². The molecule has 0 spiro atoms. The van der Waals surface area contributed by atoms with Gasteiger partial charge in [-0.3, -0.25) is 0 Å². The first kappa shape index (κ1) is 7.55. The van der Waals surface area contributed by atoms with Crippen molar-refractivity contribution >= 4 is 22.0 Å². The van der Waals surface area contributed by atoms with Gasteiger partial charge in [0.25, 0.3) is 0 Å². The third kappa shape index (κ3) is 1.71. The lowest BCUT2D eigenvalue weighted by molar-refractivity contribution is 1.60. The molecule has 51 valence electrons. The first-order chi connectivity index (χ1) is 4.84. The molecule has 0 aliphatic rings. The molecule has 0 saturated carbocycles. The minimum Gasteiger partial charge on any atom is -0.0836 e. The van der Waals surface area contributed by atoms with Crippen LogP contribution < -0.4 is 0 Å². The molecule has 0 fully saturated rings. The summed E-state index contributed by atoms with van der Waals surface area (Å²) in [6, 6.07) is 8.03. The topological polar surface area (TPSA) is 0 Å². The summed E-state index contributed by atoms with van der Waals surface area (Å²) in [5, 5.41) is 0. The van der Waals surface area contributed by atoms with Gasteiger partial charge in [0.05, 0.1) is 0 Å². The Balaban J connectivity index is 3.03. The van der Waals surface area contributed by atoms with Crippen LogP contribution in [0.25, 0.3) is 6.08 Å². The Morgan fingerprint density at radius 2 is 2.00 bits per heavy atom. The van der Waals surface area contributed by atoms with E-state index in [2.05, 4.69) is 22.9 Å². The Labute approximate surface area is 69.7 Å². The van der Waals surface area contributed by atoms with E-state index in [1.165, 1.54) is 0 Å². The molecule has 1 radical (unpaired) electrons. The molecule has 0 aromatic heterocycles. The highest BCUT2D eigenvalue weighted by molar-refractivity contribution is 9.10. The molecule has 0 saturated heterocycles. The van der Waals surface area contributed by atoms with Crippen LogP contribution in [-0.4, -0.2) is 0 Å². The summed E-state index contributed by atoms with van der Waals surface area (Å²) < 4.78 is 1.11. The highest BCUT2D eigenvalue weighted by atomic mass is 79.9. The molecule has 1 heteroatoms. The monoisotopic (exact) mass is 195 g/mol. The molecule has 0 nitrogen and oxygen atoms in total. The van der Waals surface area contributed by atoms with E-state index in [1.807, 2.05) is 30.3 Å². The van der Waals surface area contributed by atoms with E-state index in [-0.39, 0.29) is 0 Å². The number of benzene rings is 1. The van der Waals surface area contributed by atoms with Gasteiger partial charge >= 0.3 is 0 Å². The van der Waals surface area contributed by atoms with Crippen LogP contribution in [0.1, 0.15) is 5.56 Å². The van der Waals surface area contributed by atoms with E-state index < -0.39 is 0 Å². The zero-order valence-corrected chi connectivity index (χ0v) is 7.14. The predicted molar refractivity (Wildman–Crippen MR) is 48.5 cm³/mol. The molecular formula is C9H8Br. The zero-order chi connectivity index (χ0) is 7.40. The average molecular weight is 196 g/mol. The summed E-state index contributed by atoms with van der Waals surface area (Å²) in [4.78, 5) is 0. The number of hydrogen-bond acceptors (Lipinski definition) is 0. The largest absolute Gasteiger partial charge is 0.0836 e. The van der Waals surface area contributed by atoms with Crippen LogP contribution in [-0.2, 0) is 0 Å². The van der Waals surface area contributed by atoms with Gasteiger partial charge in [-0.05, 0) is 18.6 Å². The first-order valence-electron chi connectivity index (χ1n) is 3.05. The first-order valence-corrected chi connectivity index (χ1v) is 3.84. The Morgan fingerprint density at radius 3 is 2.60 bits per heavy atom. The number of rotatable bonds is 1. The Bertz CT molecular complexity index is 238. The van der Waals surface area contributed by atoms with Crippen LogP contribution in [0.4, 0.5) is 0 Å². The second-order valence-corrected chi connectivity index (χ2v) is 2.78. The van der Waals surface area contributed by atoms with Gasteiger partial charge in [-0.25, -0.2) is 0 Å². The second kappa shape index (κ2) is 3.57. The van der Waals surface area contributed by atoms with Crippen LogP contribution in [0.15, 0.2) is 34.8 Å². The summed E-state index contributed by atoms with van der Waals surface area (Å²) in [6.07, 6.45) is 3.74. The smallest absolute Gasteiger partial charge is 0.0247 e. The lowest BCUT2D eigenvalue weighted by Crippen LogP contribution is -1.71. The van der Waals surface area contributed by atoms with Gasteiger partial charge in [0.2, 0.25) is 0 Å². The molecule has 0 atom stereocenters. The zero-order valence-electron chi connectivity index (χ0n) is 5.55. The molecule has 1 aromatic carbocycles. The summed E-state index contributed by atoms with van der Waals surface area (Å²) in [7, 11) is 0. The van der Waals surface area contributed by atoms with Crippen molar-refractivity contribution in [2.75, 3.05) is 0 Å². The van der Waals surface area contributed by atoms with E-state index in [0.29, 0.717) is 0 Å². The molecule has 0 bridgehead atoms. The maximum absolute atomic E-state index is 3.62. The van der Waals surface area contributed by atoms with Gasteiger partial charge in [-0.1, -0.05) is 46.3 Å². The van der Waals surface area contributed by atoms with Crippen molar-refractivity contribution < 1.29 is 0 Å². The van der Waals surface area contributed by atoms with Crippen molar-refractivity contribution in [3.63, 3.8) is 0 Å². The van der Waals surface area contributed by atoms with Crippen LogP contribution in [0.5, 0.6) is 0 Å². The normalized spacial score (nSPS) is 10.6. The minimum absolute atomic E-state index is 1.11. The third-order valence-electron chi connectivity index (χ3n) is 1.20. The molecule has 10 heavy (non-hydrogen) atoms. The maximum Gasteiger partial charge on any atom is 0.0247 e. The summed E-state index contributed by atoms with van der Waals surface area (Å²) in [5.41, 5.74) is 1.16. The fourth-order valence-electron chi connectivity index (χ4n) is 0.737. The van der Waals surface area contributed by atoms with Gasteiger partial charge < -0.3 is 0 Å². The minimum atomic E-state index is 1.11. The van der Waals surface area contributed by atoms with E-state index in [1.54, 1.807) is 6.08 Å². The third-order valence-corrected chi connectivity index (χ3v) is 1.92. The van der Waals surface area contributed by atoms with Crippen molar-refractivity contribution in [1.29, 1.82) is 0 Å². The Morgan fingerprint density at radius 1 is 1.30 bits per heavy atom. The van der Waals surface area contributed by atoms with Crippen molar-refractivity contribution in [3.8, 4) is 0 Å². The lowest BCUT2D eigenvalue weighted by Gasteiger charge is -1.94. The quantitative estimate of drug-likeness (QED) is 0.646. The summed E-state index contributed by atoms with van der Waals surface area (Å²) in [5.74, 6) is 0. The van der Waals surface area contributed by atoms with E-state index in [0.717, 1.165) is 10.0 Å². The van der Waals surface area contributed by atoms with Gasteiger partial charge in [0, 0.05) is 4.47 Å². The average Bonchev–Trinajstić information content (AvgIpc) is 1.94. The molecule has 0 aliphatic carbocycles. The number of hydrogen-bond donors (Lipinski definition) is 0. The van der Waals surface area contributed by atoms with Crippen LogP contribution in [0.2, 0.25) is 0 Å². The Hall–Kier alpha value is -0.560. The lowest BCUT2D eigenvalue weighted by atomic mass is 10.2. The van der Waals surface area contributed by atoms with Crippen LogP contribution in [0.3, 0.4) is 0 Å². The SMILES string of the molecule is [CH2]/C=C/c1ccccc1Br. The van der Waals surface area contributed by atoms with Crippen molar-refractivity contribution in [1.82, 2.24) is 0 Å². The highest BCUT2D eigenvalue weighted by Gasteiger charge is 1.89. The maximum atomic E-state index is 3.62. The van der Waals surface area contributed by atoms with E-state index in [4.69, 9.17) is 0 Å². The van der Waals surface area contributed by atoms with Crippen molar-refractivity contribution in [2.24, 2.45) is 0 Å². The highest BCUT2D eigenvalue weighted by Crippen LogP contribution is 2.16. The fraction of sp³-hybridized carbons (Fsp3) is 0. The van der Waals surface area contributed by atoms with Gasteiger partial charge in [0.15, 0.2) is 0 Å². The molecule has 1 rings (SSSR count). The van der Waals surface area contributed by atoms with Crippen LogP contribution >= 0.6 is 15.9 Å². The Kier molecular flexibility index (Phi) is 2.69. The molecule has 0 aliphatic heterocycles. The second-order valence-electron chi connectivity index (χ2n) is 1.92. The standard InChI is InChI=1S/C9H8Br/c1-2-5-8-6-3-4-7-9(8)10/h2-7H,1H2/b5-2+. The van der Waals surface area contributed by atoms with E-state index >= 15 is 0 Å². The summed E-state index contributed by atoms with van der Waals surface area (Å²) in [6.45, 7) is 3.62. The molecule has 0 unspecified atom stereocenters. The summed E-state index contributed by atoms with van der Waals surface area (Å²) >= 11 is 3.42. The van der Waals surface area contributed by atoms with Crippen LogP contribution in [0, 0.1) is 6.92 Å². The number of halogens is 1. The van der Waals surface area contributed by atoms with Gasteiger partial charge in [0.1, 0.15) is 0 Å². The molecule has 1 aromatic rings. The predicted octanol–water partition coefficient (Wildman–Crippen LogP) is 3.30. The fourth-order valence-corrected chi connectivity index (χ4v) is 1.15. The number of allylic oxidation sites excluding steroid dienone is 1. The molecule has 0 amide bonds. The van der Waals surface area contributed by atoms with Crippen molar-refractivity contribution in [3.05, 3.63) is 47.3 Å². The molecular weight excluding hydrogens is 188 g/mol. The van der Waals surface area contributed by atoms with E-state index in [9.17, 15) is 0 Å². The van der Waals surface area contributed by atoms with Gasteiger partial charge in [-0.15, -0.1) is 0 Å². The molecule has 0 N–H and O–H groups in total.